The lowest BCUT2D eigenvalue weighted by atomic mass is 10.2. The minimum Gasteiger partial charge on any atom is -0.391 e. The second-order valence-corrected chi connectivity index (χ2v) is 9.57. The molecular weight excluding hydrogens is 380 g/mol. The first kappa shape index (κ1) is 19.4. The molecule has 1 aromatic carbocycles. The lowest BCUT2D eigenvalue weighted by Gasteiger charge is -2.15. The highest BCUT2D eigenvalue weighted by Crippen LogP contribution is 2.25. The van der Waals surface area contributed by atoms with Gasteiger partial charge in [0.1, 0.15) is 5.82 Å². The Balaban J connectivity index is 1.52. The molecular formula is C19H26N4O4S. The number of likely N-dealkylation sites (tertiary alicyclic amines) is 1. The Morgan fingerprint density at radius 2 is 2.00 bits per heavy atom. The summed E-state index contributed by atoms with van der Waals surface area (Å²) in [7, 11) is -1.60. The summed E-state index contributed by atoms with van der Waals surface area (Å²) in [5, 5.41) is 9.58. The monoisotopic (exact) mass is 406 g/mol. The van der Waals surface area contributed by atoms with E-state index >= 15 is 0 Å². The third-order valence-corrected chi connectivity index (χ3v) is 7.62. The number of fused-ring (bicyclic) bond motifs is 1. The zero-order chi connectivity index (χ0) is 19.9. The van der Waals surface area contributed by atoms with Crippen molar-refractivity contribution in [3.8, 4) is 0 Å². The molecule has 9 heteroatoms. The van der Waals surface area contributed by atoms with Gasteiger partial charge in [0.15, 0.2) is 0 Å². The third kappa shape index (κ3) is 3.54. The van der Waals surface area contributed by atoms with Crippen molar-refractivity contribution in [2.75, 3.05) is 26.2 Å². The molecule has 3 heterocycles. The summed E-state index contributed by atoms with van der Waals surface area (Å²) < 4.78 is 29.0. The number of aliphatic hydroxyl groups excluding tert-OH is 1. The van der Waals surface area contributed by atoms with Crippen LogP contribution in [-0.2, 0) is 28.3 Å². The smallest absolute Gasteiger partial charge is 0.243 e. The van der Waals surface area contributed by atoms with Crippen LogP contribution in [0.25, 0.3) is 11.0 Å². The molecule has 0 aliphatic carbocycles. The van der Waals surface area contributed by atoms with Gasteiger partial charge in [0.25, 0.3) is 0 Å². The Bertz CT molecular complexity index is 995. The fraction of sp³-hybridized carbons (Fsp3) is 0.579. The largest absolute Gasteiger partial charge is 0.391 e. The van der Waals surface area contributed by atoms with Gasteiger partial charge in [-0.15, -0.1) is 0 Å². The number of hydrogen-bond acceptors (Lipinski definition) is 5. The summed E-state index contributed by atoms with van der Waals surface area (Å²) in [5.74, 6) is 0.764. The Morgan fingerprint density at radius 3 is 2.68 bits per heavy atom. The first-order chi connectivity index (χ1) is 13.4. The fourth-order valence-electron chi connectivity index (χ4n) is 4.04. The van der Waals surface area contributed by atoms with Gasteiger partial charge in [0.2, 0.25) is 15.9 Å². The summed E-state index contributed by atoms with van der Waals surface area (Å²) in [6.07, 6.45) is 2.81. The Morgan fingerprint density at radius 1 is 1.25 bits per heavy atom. The van der Waals surface area contributed by atoms with Gasteiger partial charge in [-0.1, -0.05) is 0 Å². The molecule has 1 aromatic heterocycles. The number of sulfonamides is 1. The van der Waals surface area contributed by atoms with Crippen molar-refractivity contribution < 1.29 is 18.3 Å². The number of aliphatic hydroxyl groups is 1. The van der Waals surface area contributed by atoms with E-state index in [2.05, 4.69) is 4.98 Å². The molecule has 1 N–H and O–H groups in total. The normalized spacial score (nSPS) is 21.1. The van der Waals surface area contributed by atoms with Gasteiger partial charge in [-0.3, -0.25) is 4.79 Å². The molecule has 0 radical (unpaired) electrons. The number of aryl methyl sites for hydroxylation is 2. The highest BCUT2D eigenvalue weighted by atomic mass is 32.2. The lowest BCUT2D eigenvalue weighted by molar-refractivity contribution is -0.130. The van der Waals surface area contributed by atoms with E-state index in [4.69, 9.17) is 0 Å². The number of rotatable bonds is 5. The van der Waals surface area contributed by atoms with Crippen molar-refractivity contribution in [1.82, 2.24) is 18.8 Å². The van der Waals surface area contributed by atoms with Crippen LogP contribution in [0.5, 0.6) is 0 Å². The molecule has 1 atom stereocenters. The van der Waals surface area contributed by atoms with E-state index in [0.29, 0.717) is 51.0 Å². The van der Waals surface area contributed by atoms with Crippen LogP contribution >= 0.6 is 0 Å². The molecule has 2 saturated heterocycles. The second kappa shape index (κ2) is 7.46. The van der Waals surface area contributed by atoms with Crippen molar-refractivity contribution in [1.29, 1.82) is 0 Å². The van der Waals surface area contributed by atoms with Crippen molar-refractivity contribution >= 4 is 27.0 Å². The average molecular weight is 407 g/mol. The van der Waals surface area contributed by atoms with E-state index in [0.717, 1.165) is 24.2 Å². The van der Waals surface area contributed by atoms with E-state index in [9.17, 15) is 18.3 Å². The van der Waals surface area contributed by atoms with E-state index in [1.807, 2.05) is 11.6 Å². The maximum atomic E-state index is 12.8. The summed E-state index contributed by atoms with van der Waals surface area (Å²) in [5.41, 5.74) is 1.47. The molecule has 2 aliphatic rings. The second-order valence-electron chi connectivity index (χ2n) is 7.63. The number of imidazole rings is 1. The number of benzene rings is 1. The molecule has 2 aromatic rings. The Hall–Kier alpha value is -1.97. The first-order valence-electron chi connectivity index (χ1n) is 9.77. The molecule has 0 unspecified atom stereocenters. The molecule has 152 valence electrons. The van der Waals surface area contributed by atoms with Crippen LogP contribution < -0.4 is 0 Å². The zero-order valence-corrected chi connectivity index (χ0v) is 16.9. The van der Waals surface area contributed by atoms with Crippen LogP contribution in [0.2, 0.25) is 0 Å². The van der Waals surface area contributed by atoms with Crippen molar-refractivity contribution in [2.24, 2.45) is 7.05 Å². The van der Waals surface area contributed by atoms with Crippen molar-refractivity contribution in [2.45, 2.75) is 43.1 Å². The number of carbonyl (C=O) groups excluding carboxylic acids is 1. The molecule has 28 heavy (non-hydrogen) atoms. The molecule has 8 nitrogen and oxygen atoms in total. The van der Waals surface area contributed by atoms with Gasteiger partial charge in [0.05, 0.1) is 22.0 Å². The fourth-order valence-corrected chi connectivity index (χ4v) is 5.57. The maximum Gasteiger partial charge on any atom is 0.243 e. The standard InChI is InChI=1S/C19H26N4O4S/c1-21-17-5-4-15(28(26,27)23-9-2-3-10-23)12-16(17)20-18(21)6-7-19(25)22-11-8-14(24)13-22/h4-5,12,14,24H,2-3,6-11,13H2,1H3/t14-/m1/s1. The van der Waals surface area contributed by atoms with Gasteiger partial charge in [0, 0.05) is 46.1 Å². The topological polar surface area (TPSA) is 95.7 Å². The summed E-state index contributed by atoms with van der Waals surface area (Å²) in [6, 6.07) is 5.05. The summed E-state index contributed by atoms with van der Waals surface area (Å²) in [4.78, 5) is 18.9. The molecule has 0 bridgehead atoms. The predicted molar refractivity (Wildman–Crippen MR) is 104 cm³/mol. The number of hydrogen-bond donors (Lipinski definition) is 1. The zero-order valence-electron chi connectivity index (χ0n) is 16.0. The van der Waals surface area contributed by atoms with E-state index < -0.39 is 16.1 Å². The van der Waals surface area contributed by atoms with Gasteiger partial charge < -0.3 is 14.6 Å². The van der Waals surface area contributed by atoms with E-state index in [1.54, 1.807) is 23.1 Å². The van der Waals surface area contributed by atoms with Gasteiger partial charge in [-0.2, -0.15) is 4.31 Å². The quantitative estimate of drug-likeness (QED) is 0.795. The predicted octanol–water partition coefficient (Wildman–Crippen LogP) is 0.884. The SMILES string of the molecule is Cn1c(CCC(=O)N2CC[C@@H](O)C2)nc2cc(S(=O)(=O)N3CCCC3)ccc21. The Kier molecular flexibility index (Phi) is 5.15. The van der Waals surface area contributed by atoms with Gasteiger partial charge >= 0.3 is 0 Å². The molecule has 4 rings (SSSR count). The molecule has 0 spiro atoms. The van der Waals surface area contributed by atoms with Crippen molar-refractivity contribution in [3.63, 3.8) is 0 Å². The number of carbonyl (C=O) groups is 1. The maximum absolute atomic E-state index is 12.8. The lowest BCUT2D eigenvalue weighted by Crippen LogP contribution is -2.29. The number of amides is 1. The van der Waals surface area contributed by atoms with Crippen LogP contribution in [0.15, 0.2) is 23.1 Å². The number of β-amino-alcohol motifs (C(OH)–C–C–N with tert-alkyl or cyclic N) is 1. The Labute approximate surface area is 164 Å². The average Bonchev–Trinajstić information content (AvgIpc) is 3.41. The molecule has 2 fully saturated rings. The van der Waals surface area contributed by atoms with Crippen LogP contribution in [0.1, 0.15) is 31.5 Å². The van der Waals surface area contributed by atoms with Gasteiger partial charge in [-0.25, -0.2) is 13.4 Å². The highest BCUT2D eigenvalue weighted by Gasteiger charge is 2.28. The van der Waals surface area contributed by atoms with Crippen molar-refractivity contribution in [3.05, 3.63) is 24.0 Å². The minimum atomic E-state index is -3.48. The van der Waals surface area contributed by atoms with E-state index in [1.165, 1.54) is 4.31 Å². The first-order valence-corrected chi connectivity index (χ1v) is 11.2. The molecule has 2 aliphatic heterocycles. The molecule has 0 saturated carbocycles. The highest BCUT2D eigenvalue weighted by molar-refractivity contribution is 7.89. The number of aromatic nitrogens is 2. The summed E-state index contributed by atoms with van der Waals surface area (Å²) in [6.45, 7) is 2.14. The van der Waals surface area contributed by atoms with Crippen LogP contribution in [0.3, 0.4) is 0 Å². The van der Waals surface area contributed by atoms with E-state index in [-0.39, 0.29) is 10.8 Å². The number of nitrogens with zero attached hydrogens (tertiary/aromatic N) is 4. The minimum absolute atomic E-state index is 0.0147. The van der Waals surface area contributed by atoms with Crippen LogP contribution in [-0.4, -0.2) is 70.5 Å². The third-order valence-electron chi connectivity index (χ3n) is 5.73. The summed E-state index contributed by atoms with van der Waals surface area (Å²) >= 11 is 0. The molecule has 1 amide bonds. The van der Waals surface area contributed by atoms with Crippen LogP contribution in [0, 0.1) is 0 Å². The van der Waals surface area contributed by atoms with Crippen LogP contribution in [0.4, 0.5) is 0 Å². The van der Waals surface area contributed by atoms with Gasteiger partial charge in [-0.05, 0) is 37.5 Å².